The van der Waals surface area contributed by atoms with Crippen molar-refractivity contribution in [2.75, 3.05) is 24.5 Å². The summed E-state index contributed by atoms with van der Waals surface area (Å²) in [6.45, 7) is 5.65. The maximum atomic E-state index is 12.5. The minimum absolute atomic E-state index is 0.317. The zero-order valence-electron chi connectivity index (χ0n) is 14.8. The van der Waals surface area contributed by atoms with Crippen LogP contribution in [0.3, 0.4) is 0 Å². The van der Waals surface area contributed by atoms with Crippen molar-refractivity contribution < 1.29 is 4.79 Å². The van der Waals surface area contributed by atoms with E-state index in [9.17, 15) is 10.1 Å². The molecule has 0 aliphatic carbocycles. The zero-order valence-corrected chi connectivity index (χ0v) is 14.8. The van der Waals surface area contributed by atoms with Crippen molar-refractivity contribution in [3.63, 3.8) is 0 Å². The molecule has 1 aromatic carbocycles. The Bertz CT molecular complexity index is 834. The number of nitriles is 1. The Kier molecular flexibility index (Phi) is 5.80. The molecule has 2 aromatic rings. The predicted molar refractivity (Wildman–Crippen MR) is 102 cm³/mol. The summed E-state index contributed by atoms with van der Waals surface area (Å²) in [5.41, 5.74) is 1.91. The number of fused-ring (bicyclic) bond motifs is 1. The molecule has 1 aromatic heterocycles. The van der Waals surface area contributed by atoms with Gasteiger partial charge in [0, 0.05) is 19.6 Å². The van der Waals surface area contributed by atoms with Gasteiger partial charge in [-0.1, -0.05) is 31.1 Å². The topological polar surface area (TPSA) is 81.9 Å². The summed E-state index contributed by atoms with van der Waals surface area (Å²) < 4.78 is 0. The Morgan fingerprint density at radius 3 is 2.50 bits per heavy atom. The van der Waals surface area contributed by atoms with Gasteiger partial charge in [0.05, 0.1) is 17.1 Å². The molecular weight excluding hydrogens is 326 g/mol. The molecule has 1 saturated heterocycles. The lowest BCUT2D eigenvalue weighted by Crippen LogP contribution is -2.32. The molecule has 1 aliphatic rings. The largest absolute Gasteiger partial charge is 0.355 e. The highest BCUT2D eigenvalue weighted by atomic mass is 16.1. The van der Waals surface area contributed by atoms with E-state index < -0.39 is 5.92 Å². The normalized spacial score (nSPS) is 15.7. The third-order valence-corrected chi connectivity index (χ3v) is 4.57. The van der Waals surface area contributed by atoms with Crippen molar-refractivity contribution in [3.8, 4) is 6.07 Å². The maximum Gasteiger partial charge on any atom is 0.243 e. The summed E-state index contributed by atoms with van der Waals surface area (Å²) in [5.74, 6) is -0.704. The second-order valence-corrected chi connectivity index (χ2v) is 6.42. The number of rotatable bonds is 5. The molecule has 134 valence electrons. The minimum atomic E-state index is -0.995. The molecule has 26 heavy (non-hydrogen) atoms. The van der Waals surface area contributed by atoms with Gasteiger partial charge >= 0.3 is 0 Å². The first-order valence-electron chi connectivity index (χ1n) is 9.04. The lowest BCUT2D eigenvalue weighted by Gasteiger charge is -2.25. The zero-order chi connectivity index (χ0) is 18.4. The molecule has 0 saturated carbocycles. The molecule has 1 aliphatic heterocycles. The smallest absolute Gasteiger partial charge is 0.243 e. The van der Waals surface area contributed by atoms with Gasteiger partial charge in [0.25, 0.3) is 0 Å². The minimum Gasteiger partial charge on any atom is -0.355 e. The molecule has 3 rings (SSSR count). The summed E-state index contributed by atoms with van der Waals surface area (Å²) in [6, 6.07) is 9.67. The van der Waals surface area contributed by atoms with Gasteiger partial charge in [0.2, 0.25) is 5.91 Å². The van der Waals surface area contributed by atoms with E-state index in [2.05, 4.69) is 27.8 Å². The summed E-state index contributed by atoms with van der Waals surface area (Å²) in [6.07, 6.45) is 6.12. The monoisotopic (exact) mass is 349 g/mol. The summed E-state index contributed by atoms with van der Waals surface area (Å²) in [5, 5.41) is 12.4. The number of para-hydroxylation sites is 2. The van der Waals surface area contributed by atoms with Crippen LogP contribution < -0.4 is 10.2 Å². The molecule has 6 heteroatoms. The van der Waals surface area contributed by atoms with Crippen molar-refractivity contribution in [1.29, 1.82) is 5.26 Å². The van der Waals surface area contributed by atoms with Crippen LogP contribution in [0.15, 0.2) is 36.9 Å². The lowest BCUT2D eigenvalue weighted by molar-refractivity contribution is -0.121. The van der Waals surface area contributed by atoms with Crippen LogP contribution in [-0.2, 0) is 4.79 Å². The van der Waals surface area contributed by atoms with Crippen molar-refractivity contribution in [3.05, 3.63) is 42.6 Å². The standard InChI is InChI=1S/C20H23N5O/c1-2-11-22-20(26)15(14-21)18-19(25-12-7-3-4-8-13-25)24-17-10-6-5-9-16(17)23-18/h2,5-6,9-10,15H,1,3-4,7-8,11-13H2,(H,22,26)/t15-/m0/s1. The fourth-order valence-corrected chi connectivity index (χ4v) is 3.23. The first-order chi connectivity index (χ1) is 12.7. The van der Waals surface area contributed by atoms with Crippen LogP contribution in [0.1, 0.15) is 37.3 Å². The van der Waals surface area contributed by atoms with Gasteiger partial charge in [0.1, 0.15) is 5.69 Å². The predicted octanol–water partition coefficient (Wildman–Crippen LogP) is 2.92. The Morgan fingerprint density at radius 2 is 1.88 bits per heavy atom. The number of anilines is 1. The van der Waals surface area contributed by atoms with Gasteiger partial charge in [-0.05, 0) is 25.0 Å². The van der Waals surface area contributed by atoms with Crippen LogP contribution in [0, 0.1) is 11.3 Å². The van der Waals surface area contributed by atoms with Gasteiger partial charge in [-0.15, -0.1) is 6.58 Å². The number of nitrogens with one attached hydrogen (secondary N) is 1. The molecular formula is C20H23N5O. The number of aromatic nitrogens is 2. The Hall–Kier alpha value is -2.94. The van der Waals surface area contributed by atoms with Crippen molar-refractivity contribution in [2.24, 2.45) is 0 Å². The maximum absolute atomic E-state index is 12.5. The molecule has 0 unspecified atom stereocenters. The van der Waals surface area contributed by atoms with Crippen molar-refractivity contribution >= 4 is 22.8 Å². The number of nitrogens with zero attached hydrogens (tertiary/aromatic N) is 4. The second kappa shape index (κ2) is 8.43. The van der Waals surface area contributed by atoms with E-state index in [1.807, 2.05) is 24.3 Å². The van der Waals surface area contributed by atoms with Crippen LogP contribution in [0.25, 0.3) is 11.0 Å². The molecule has 0 spiro atoms. The number of carbonyl (C=O) groups excluding carboxylic acids is 1. The molecule has 1 N–H and O–H groups in total. The van der Waals surface area contributed by atoms with Crippen LogP contribution in [0.4, 0.5) is 5.82 Å². The van der Waals surface area contributed by atoms with E-state index in [1.165, 1.54) is 12.8 Å². The van der Waals surface area contributed by atoms with E-state index in [1.54, 1.807) is 6.08 Å². The van der Waals surface area contributed by atoms with Crippen LogP contribution in [0.5, 0.6) is 0 Å². The molecule has 0 radical (unpaired) electrons. The van der Waals surface area contributed by atoms with Gasteiger partial charge in [-0.3, -0.25) is 4.79 Å². The molecule has 6 nitrogen and oxygen atoms in total. The molecule has 1 fully saturated rings. The van der Waals surface area contributed by atoms with Crippen LogP contribution >= 0.6 is 0 Å². The van der Waals surface area contributed by atoms with Gasteiger partial charge < -0.3 is 10.2 Å². The van der Waals surface area contributed by atoms with Crippen molar-refractivity contribution in [1.82, 2.24) is 15.3 Å². The summed E-state index contributed by atoms with van der Waals surface area (Å²) in [7, 11) is 0. The van der Waals surface area contributed by atoms with E-state index >= 15 is 0 Å². The second-order valence-electron chi connectivity index (χ2n) is 6.42. The highest BCUT2D eigenvalue weighted by Crippen LogP contribution is 2.28. The summed E-state index contributed by atoms with van der Waals surface area (Å²) in [4.78, 5) is 24.1. The van der Waals surface area contributed by atoms with Crippen molar-refractivity contribution in [2.45, 2.75) is 31.6 Å². The van der Waals surface area contributed by atoms with E-state index in [4.69, 9.17) is 4.98 Å². The molecule has 2 heterocycles. The first-order valence-corrected chi connectivity index (χ1v) is 9.04. The number of amides is 1. The Labute approximate surface area is 153 Å². The van der Waals surface area contributed by atoms with E-state index in [-0.39, 0.29) is 5.91 Å². The SMILES string of the molecule is C=CCNC(=O)[C@@H](C#N)c1nc2ccccc2nc1N1CCCCCC1. The highest BCUT2D eigenvalue weighted by Gasteiger charge is 2.28. The third-order valence-electron chi connectivity index (χ3n) is 4.57. The van der Waals surface area contributed by atoms with Gasteiger partial charge in [-0.2, -0.15) is 5.26 Å². The number of benzene rings is 1. The lowest BCUT2D eigenvalue weighted by atomic mass is 10.0. The van der Waals surface area contributed by atoms with Gasteiger partial charge in [0.15, 0.2) is 11.7 Å². The molecule has 1 amide bonds. The fourth-order valence-electron chi connectivity index (χ4n) is 3.23. The van der Waals surface area contributed by atoms with Gasteiger partial charge in [-0.25, -0.2) is 9.97 Å². The van der Waals surface area contributed by atoms with Crippen LogP contribution in [0.2, 0.25) is 0 Å². The molecule has 0 bridgehead atoms. The third kappa shape index (κ3) is 3.83. The number of carbonyl (C=O) groups is 1. The van der Waals surface area contributed by atoms with Crippen LogP contribution in [-0.4, -0.2) is 35.5 Å². The summed E-state index contributed by atoms with van der Waals surface area (Å²) >= 11 is 0. The Balaban J connectivity index is 2.08. The van der Waals surface area contributed by atoms with E-state index in [0.717, 1.165) is 31.4 Å². The fraction of sp³-hybridized carbons (Fsp3) is 0.400. The highest BCUT2D eigenvalue weighted by molar-refractivity contribution is 5.88. The average Bonchev–Trinajstić information content (AvgIpc) is 2.95. The first kappa shape index (κ1) is 17.9. The number of hydrogen-bond donors (Lipinski definition) is 1. The number of hydrogen-bond acceptors (Lipinski definition) is 5. The Morgan fingerprint density at radius 1 is 1.23 bits per heavy atom. The average molecular weight is 349 g/mol. The quantitative estimate of drug-likeness (QED) is 0.839. The van der Waals surface area contributed by atoms with E-state index in [0.29, 0.717) is 23.6 Å². The molecule has 1 atom stereocenters.